The zero-order valence-corrected chi connectivity index (χ0v) is 13.9. The first kappa shape index (κ1) is 16.6. The molecule has 0 spiro atoms. The number of hydrogen-bond acceptors (Lipinski definition) is 2. The molecule has 0 aliphatic carbocycles. The third kappa shape index (κ3) is 6.25. The van der Waals surface area contributed by atoms with Gasteiger partial charge in [0.05, 0.1) is 0 Å². The van der Waals surface area contributed by atoms with E-state index >= 15 is 0 Å². The van der Waals surface area contributed by atoms with Gasteiger partial charge in [0, 0.05) is 26.2 Å². The maximum absolute atomic E-state index is 6.13. The lowest BCUT2D eigenvalue weighted by atomic mass is 10.0. The summed E-state index contributed by atoms with van der Waals surface area (Å²) in [6.07, 6.45) is 10.4. The van der Waals surface area contributed by atoms with Crippen molar-refractivity contribution in [2.45, 2.75) is 58.3 Å². The van der Waals surface area contributed by atoms with Gasteiger partial charge >= 0.3 is 0 Å². The second kappa shape index (κ2) is 9.29. The van der Waals surface area contributed by atoms with Crippen LogP contribution in [-0.2, 0) is 0 Å². The smallest absolute Gasteiger partial charge is 0.191 e. The van der Waals surface area contributed by atoms with Crippen LogP contribution < -0.4 is 5.73 Å². The quantitative estimate of drug-likeness (QED) is 0.482. The fraction of sp³-hybridized carbons (Fsp3) is 0.941. The molecule has 0 saturated carbocycles. The zero-order valence-electron chi connectivity index (χ0n) is 13.9. The summed E-state index contributed by atoms with van der Waals surface area (Å²) < 4.78 is 0. The highest BCUT2D eigenvalue weighted by molar-refractivity contribution is 5.78. The van der Waals surface area contributed by atoms with E-state index in [0.29, 0.717) is 0 Å². The van der Waals surface area contributed by atoms with Gasteiger partial charge in [0.2, 0.25) is 0 Å². The number of unbranched alkanes of at least 4 members (excludes halogenated alkanes) is 1. The predicted octanol–water partition coefficient (Wildman–Crippen LogP) is 2.69. The van der Waals surface area contributed by atoms with Crippen LogP contribution in [0.5, 0.6) is 0 Å². The number of aliphatic imine (C=N–C) groups is 1. The Morgan fingerprint density at radius 3 is 2.52 bits per heavy atom. The molecule has 2 heterocycles. The minimum atomic E-state index is 0.781. The van der Waals surface area contributed by atoms with Gasteiger partial charge in [-0.3, -0.25) is 4.99 Å². The molecule has 4 nitrogen and oxygen atoms in total. The summed E-state index contributed by atoms with van der Waals surface area (Å²) in [4.78, 5) is 9.49. The highest BCUT2D eigenvalue weighted by Gasteiger charge is 2.15. The molecule has 0 aromatic rings. The van der Waals surface area contributed by atoms with E-state index < -0.39 is 0 Å². The van der Waals surface area contributed by atoms with Crippen LogP contribution in [0.4, 0.5) is 0 Å². The SMILES string of the molecule is CC1CCCN(CCCCN=C(N)N2CCCCCC2)C1. The number of hydrogen-bond donors (Lipinski definition) is 1. The molecule has 1 atom stereocenters. The van der Waals surface area contributed by atoms with Gasteiger partial charge in [0.1, 0.15) is 0 Å². The summed E-state index contributed by atoms with van der Waals surface area (Å²) in [5, 5.41) is 0. The van der Waals surface area contributed by atoms with Crippen LogP contribution in [0.15, 0.2) is 4.99 Å². The molecule has 2 N–H and O–H groups in total. The molecule has 2 fully saturated rings. The summed E-state index contributed by atoms with van der Waals surface area (Å²) in [6, 6.07) is 0. The van der Waals surface area contributed by atoms with E-state index in [4.69, 9.17) is 5.73 Å². The van der Waals surface area contributed by atoms with E-state index in [1.165, 1.54) is 71.0 Å². The second-order valence-corrected chi connectivity index (χ2v) is 6.90. The number of piperidine rings is 1. The first-order valence-electron chi connectivity index (χ1n) is 9.03. The Balaban J connectivity index is 1.58. The van der Waals surface area contributed by atoms with E-state index in [1.807, 2.05) is 0 Å². The molecular weight excluding hydrogens is 260 g/mol. The van der Waals surface area contributed by atoms with Crippen LogP contribution in [0.3, 0.4) is 0 Å². The number of likely N-dealkylation sites (tertiary alicyclic amines) is 2. The third-order valence-corrected chi connectivity index (χ3v) is 4.83. The summed E-state index contributed by atoms with van der Waals surface area (Å²) >= 11 is 0. The van der Waals surface area contributed by atoms with Crippen molar-refractivity contribution < 1.29 is 0 Å². The highest BCUT2D eigenvalue weighted by atomic mass is 15.2. The zero-order chi connectivity index (χ0) is 14.9. The molecule has 2 aliphatic rings. The number of guanidine groups is 1. The lowest BCUT2D eigenvalue weighted by molar-refractivity contribution is 0.181. The van der Waals surface area contributed by atoms with Crippen molar-refractivity contribution in [2.24, 2.45) is 16.6 Å². The summed E-state index contributed by atoms with van der Waals surface area (Å²) in [5.41, 5.74) is 6.13. The minimum Gasteiger partial charge on any atom is -0.370 e. The Morgan fingerprint density at radius 1 is 1.05 bits per heavy atom. The van der Waals surface area contributed by atoms with Crippen molar-refractivity contribution in [3.8, 4) is 0 Å². The van der Waals surface area contributed by atoms with Crippen molar-refractivity contribution in [1.29, 1.82) is 0 Å². The molecule has 2 aliphatic heterocycles. The minimum absolute atomic E-state index is 0.781. The fourth-order valence-corrected chi connectivity index (χ4v) is 3.53. The Kier molecular flexibility index (Phi) is 7.34. The fourth-order valence-electron chi connectivity index (χ4n) is 3.53. The molecule has 0 radical (unpaired) electrons. The molecule has 0 bridgehead atoms. The first-order valence-corrected chi connectivity index (χ1v) is 9.03. The van der Waals surface area contributed by atoms with E-state index in [2.05, 4.69) is 21.7 Å². The van der Waals surface area contributed by atoms with Gasteiger partial charge in [-0.05, 0) is 57.5 Å². The number of nitrogens with two attached hydrogens (primary N) is 1. The Morgan fingerprint density at radius 2 is 1.81 bits per heavy atom. The lowest BCUT2D eigenvalue weighted by Crippen LogP contribution is -2.38. The van der Waals surface area contributed by atoms with Gasteiger partial charge in [0.15, 0.2) is 5.96 Å². The van der Waals surface area contributed by atoms with E-state index in [-0.39, 0.29) is 0 Å². The lowest BCUT2D eigenvalue weighted by Gasteiger charge is -2.30. The maximum atomic E-state index is 6.13. The Hall–Kier alpha value is -0.770. The topological polar surface area (TPSA) is 44.9 Å². The first-order chi connectivity index (χ1) is 10.3. The molecule has 0 amide bonds. The summed E-state index contributed by atoms with van der Waals surface area (Å²) in [7, 11) is 0. The molecule has 4 heteroatoms. The van der Waals surface area contributed by atoms with Crippen LogP contribution in [0, 0.1) is 5.92 Å². The van der Waals surface area contributed by atoms with E-state index in [0.717, 1.165) is 31.5 Å². The standard InChI is InChI=1S/C17H34N4/c1-16-9-8-12-20(15-16)11-7-4-10-19-17(18)21-13-5-2-3-6-14-21/h16H,2-15H2,1H3,(H2,18,19). The van der Waals surface area contributed by atoms with Crippen molar-refractivity contribution in [3.63, 3.8) is 0 Å². The largest absolute Gasteiger partial charge is 0.370 e. The Bertz CT molecular complexity index is 308. The normalized spacial score (nSPS) is 25.9. The number of nitrogens with zero attached hydrogens (tertiary/aromatic N) is 3. The third-order valence-electron chi connectivity index (χ3n) is 4.83. The highest BCUT2D eigenvalue weighted by Crippen LogP contribution is 2.15. The molecule has 2 rings (SSSR count). The van der Waals surface area contributed by atoms with Gasteiger partial charge in [-0.2, -0.15) is 0 Å². The van der Waals surface area contributed by atoms with Crippen molar-refractivity contribution >= 4 is 5.96 Å². The maximum Gasteiger partial charge on any atom is 0.191 e. The van der Waals surface area contributed by atoms with Gasteiger partial charge in [-0.15, -0.1) is 0 Å². The average molecular weight is 294 g/mol. The van der Waals surface area contributed by atoms with Crippen molar-refractivity contribution in [1.82, 2.24) is 9.80 Å². The van der Waals surface area contributed by atoms with E-state index in [9.17, 15) is 0 Å². The molecule has 21 heavy (non-hydrogen) atoms. The summed E-state index contributed by atoms with van der Waals surface area (Å²) in [5.74, 6) is 1.67. The molecule has 0 aromatic heterocycles. The molecular formula is C17H34N4. The number of rotatable bonds is 5. The molecule has 122 valence electrons. The van der Waals surface area contributed by atoms with Gasteiger partial charge in [-0.1, -0.05) is 19.8 Å². The van der Waals surface area contributed by atoms with Crippen LogP contribution in [0.2, 0.25) is 0 Å². The van der Waals surface area contributed by atoms with E-state index in [1.54, 1.807) is 0 Å². The van der Waals surface area contributed by atoms with Crippen LogP contribution in [0.1, 0.15) is 58.3 Å². The van der Waals surface area contributed by atoms with Crippen LogP contribution in [-0.4, -0.2) is 55.0 Å². The second-order valence-electron chi connectivity index (χ2n) is 6.90. The average Bonchev–Trinajstić information content (AvgIpc) is 2.76. The molecule has 2 saturated heterocycles. The van der Waals surface area contributed by atoms with Crippen LogP contribution >= 0.6 is 0 Å². The van der Waals surface area contributed by atoms with Crippen molar-refractivity contribution in [2.75, 3.05) is 39.3 Å². The predicted molar refractivity (Wildman–Crippen MR) is 90.6 cm³/mol. The summed E-state index contributed by atoms with van der Waals surface area (Å²) in [6.45, 7) is 9.29. The molecule has 0 aromatic carbocycles. The van der Waals surface area contributed by atoms with Gasteiger partial charge in [-0.25, -0.2) is 0 Å². The van der Waals surface area contributed by atoms with Crippen LogP contribution in [0.25, 0.3) is 0 Å². The monoisotopic (exact) mass is 294 g/mol. The van der Waals surface area contributed by atoms with Gasteiger partial charge < -0.3 is 15.5 Å². The van der Waals surface area contributed by atoms with Crippen molar-refractivity contribution in [3.05, 3.63) is 0 Å². The van der Waals surface area contributed by atoms with Gasteiger partial charge in [0.25, 0.3) is 0 Å². The Labute approximate surface area is 130 Å². The molecule has 1 unspecified atom stereocenters.